The van der Waals surface area contributed by atoms with Crippen molar-refractivity contribution >= 4 is 5.69 Å². The van der Waals surface area contributed by atoms with Gasteiger partial charge in [0.05, 0.1) is 17.9 Å². The molecule has 1 aliphatic heterocycles. The fourth-order valence-corrected chi connectivity index (χ4v) is 2.67. The molecule has 0 radical (unpaired) electrons. The highest BCUT2D eigenvalue weighted by Crippen LogP contribution is 2.43. The highest BCUT2D eigenvalue weighted by molar-refractivity contribution is 5.66. The number of benzene rings is 1. The van der Waals surface area contributed by atoms with Crippen LogP contribution in [0.25, 0.3) is 0 Å². The first kappa shape index (κ1) is 16.0. The van der Waals surface area contributed by atoms with Crippen LogP contribution in [0.2, 0.25) is 0 Å². The summed E-state index contributed by atoms with van der Waals surface area (Å²) < 4.78 is 45.2. The van der Waals surface area contributed by atoms with E-state index >= 15 is 0 Å². The Hall–Kier alpha value is -1.39. The minimum Gasteiger partial charge on any atom is -0.491 e. The number of nitrogens with one attached hydrogen (secondary N) is 1. The molecule has 1 atom stereocenters. The van der Waals surface area contributed by atoms with Crippen molar-refractivity contribution in [3.8, 4) is 5.75 Å². The van der Waals surface area contributed by atoms with E-state index < -0.39 is 11.7 Å². The van der Waals surface area contributed by atoms with Gasteiger partial charge < -0.3 is 10.1 Å². The van der Waals surface area contributed by atoms with E-state index in [2.05, 4.69) is 5.32 Å². The molecule has 21 heavy (non-hydrogen) atoms. The second kappa shape index (κ2) is 6.16. The Labute approximate surface area is 123 Å². The molecule has 1 aliphatic rings. The predicted molar refractivity (Wildman–Crippen MR) is 77.8 cm³/mol. The van der Waals surface area contributed by atoms with Gasteiger partial charge in [-0.15, -0.1) is 0 Å². The highest BCUT2D eigenvalue weighted by atomic mass is 19.4. The van der Waals surface area contributed by atoms with Crippen LogP contribution in [0.4, 0.5) is 18.9 Å². The first-order valence-electron chi connectivity index (χ1n) is 7.44. The first-order chi connectivity index (χ1) is 9.84. The number of ether oxygens (including phenoxy) is 1. The van der Waals surface area contributed by atoms with Crippen molar-refractivity contribution in [3.05, 3.63) is 23.3 Å². The lowest BCUT2D eigenvalue weighted by molar-refractivity contribution is -0.138. The zero-order valence-electron chi connectivity index (χ0n) is 12.7. The maximum absolute atomic E-state index is 13.2. The number of halogens is 3. The Kier molecular flexibility index (Phi) is 4.69. The lowest BCUT2D eigenvalue weighted by atomic mass is 9.83. The number of hydrogen-bond acceptors (Lipinski definition) is 2. The second-order valence-electron chi connectivity index (χ2n) is 5.90. The van der Waals surface area contributed by atoms with Crippen LogP contribution in [0, 0.1) is 11.8 Å². The molecule has 0 saturated heterocycles. The first-order valence-corrected chi connectivity index (χ1v) is 7.44. The van der Waals surface area contributed by atoms with Crippen LogP contribution in [0.1, 0.15) is 38.3 Å². The number of rotatable bonds is 4. The van der Waals surface area contributed by atoms with Crippen molar-refractivity contribution in [2.45, 2.75) is 39.8 Å². The average molecular weight is 301 g/mol. The molecule has 1 N–H and O–H groups in total. The van der Waals surface area contributed by atoms with Gasteiger partial charge in [-0.3, -0.25) is 0 Å². The van der Waals surface area contributed by atoms with Crippen LogP contribution in [0.3, 0.4) is 0 Å². The summed E-state index contributed by atoms with van der Waals surface area (Å²) in [6.45, 7) is 7.25. The Morgan fingerprint density at radius 2 is 2.05 bits per heavy atom. The molecule has 0 amide bonds. The molecule has 0 fully saturated rings. The predicted octanol–water partition coefficient (Wildman–Crippen LogP) is 4.73. The topological polar surface area (TPSA) is 21.3 Å². The summed E-state index contributed by atoms with van der Waals surface area (Å²) in [4.78, 5) is 0. The zero-order valence-corrected chi connectivity index (χ0v) is 12.7. The molecule has 1 heterocycles. The molecule has 2 rings (SSSR count). The molecular weight excluding hydrogens is 279 g/mol. The SMILES string of the molecule is CCCOc1ccc(C(F)(F)F)c2c1NCC(C(C)C)C2. The Bertz CT molecular complexity index is 497. The van der Waals surface area contributed by atoms with Crippen molar-refractivity contribution in [2.24, 2.45) is 11.8 Å². The smallest absolute Gasteiger partial charge is 0.416 e. The van der Waals surface area contributed by atoms with Crippen LogP contribution < -0.4 is 10.1 Å². The van der Waals surface area contributed by atoms with Gasteiger partial charge in [-0.25, -0.2) is 0 Å². The zero-order chi connectivity index (χ0) is 15.6. The molecule has 5 heteroatoms. The highest BCUT2D eigenvalue weighted by Gasteiger charge is 2.37. The van der Waals surface area contributed by atoms with Gasteiger partial charge in [0.15, 0.2) is 0 Å². The maximum atomic E-state index is 13.2. The Balaban J connectivity index is 2.43. The van der Waals surface area contributed by atoms with Crippen LogP contribution in [-0.2, 0) is 12.6 Å². The number of alkyl halides is 3. The number of hydrogen-bond donors (Lipinski definition) is 1. The lowest BCUT2D eigenvalue weighted by Gasteiger charge is -2.32. The van der Waals surface area contributed by atoms with E-state index in [1.807, 2.05) is 20.8 Å². The van der Waals surface area contributed by atoms with Crippen molar-refractivity contribution in [1.82, 2.24) is 0 Å². The molecular formula is C16H22F3NO. The third-order valence-electron chi connectivity index (χ3n) is 3.99. The second-order valence-corrected chi connectivity index (χ2v) is 5.90. The molecule has 0 saturated carbocycles. The summed E-state index contributed by atoms with van der Waals surface area (Å²) in [5.41, 5.74) is 0.329. The molecule has 1 aromatic carbocycles. The molecule has 118 valence electrons. The van der Waals surface area contributed by atoms with Crippen molar-refractivity contribution in [1.29, 1.82) is 0 Å². The number of anilines is 1. The molecule has 0 spiro atoms. The van der Waals surface area contributed by atoms with E-state index in [9.17, 15) is 13.2 Å². The quantitative estimate of drug-likeness (QED) is 0.867. The van der Waals surface area contributed by atoms with Crippen molar-refractivity contribution in [2.75, 3.05) is 18.5 Å². The summed E-state index contributed by atoms with van der Waals surface area (Å²) in [7, 11) is 0. The van der Waals surface area contributed by atoms with Crippen molar-refractivity contribution < 1.29 is 17.9 Å². The minimum absolute atomic E-state index is 0.208. The fourth-order valence-electron chi connectivity index (χ4n) is 2.67. The van der Waals surface area contributed by atoms with E-state index in [0.29, 0.717) is 42.5 Å². The normalized spacial score (nSPS) is 18.3. The van der Waals surface area contributed by atoms with Gasteiger partial charge in [0.2, 0.25) is 0 Å². The standard InChI is InChI=1S/C16H22F3NO/c1-4-7-21-14-6-5-13(16(17,18)19)12-8-11(10(2)3)9-20-15(12)14/h5-6,10-11,20H,4,7-9H2,1-3H3. The molecule has 0 bridgehead atoms. The van der Waals surface area contributed by atoms with E-state index in [1.165, 1.54) is 6.07 Å². The van der Waals surface area contributed by atoms with Gasteiger partial charge in [0.1, 0.15) is 5.75 Å². The molecule has 1 unspecified atom stereocenters. The van der Waals surface area contributed by atoms with Gasteiger partial charge in [-0.1, -0.05) is 20.8 Å². The molecule has 0 aromatic heterocycles. The molecule has 2 nitrogen and oxygen atoms in total. The lowest BCUT2D eigenvalue weighted by Crippen LogP contribution is -2.29. The van der Waals surface area contributed by atoms with Gasteiger partial charge in [0, 0.05) is 6.54 Å². The van der Waals surface area contributed by atoms with Gasteiger partial charge in [-0.2, -0.15) is 13.2 Å². The number of fused-ring (bicyclic) bond motifs is 1. The van der Waals surface area contributed by atoms with E-state index in [1.54, 1.807) is 0 Å². The molecule has 1 aromatic rings. The summed E-state index contributed by atoms with van der Waals surface area (Å²) in [5.74, 6) is 1.08. The summed E-state index contributed by atoms with van der Waals surface area (Å²) >= 11 is 0. The van der Waals surface area contributed by atoms with Gasteiger partial charge in [0.25, 0.3) is 0 Å². The van der Waals surface area contributed by atoms with Crippen LogP contribution >= 0.6 is 0 Å². The average Bonchev–Trinajstić information content (AvgIpc) is 2.42. The third-order valence-corrected chi connectivity index (χ3v) is 3.99. The van der Waals surface area contributed by atoms with Gasteiger partial charge in [-0.05, 0) is 42.4 Å². The summed E-state index contributed by atoms with van der Waals surface area (Å²) in [6, 6.07) is 2.58. The van der Waals surface area contributed by atoms with Crippen LogP contribution in [0.15, 0.2) is 12.1 Å². The van der Waals surface area contributed by atoms with Gasteiger partial charge >= 0.3 is 6.18 Å². The van der Waals surface area contributed by atoms with E-state index in [0.717, 1.165) is 12.5 Å². The Morgan fingerprint density at radius 3 is 2.62 bits per heavy atom. The minimum atomic E-state index is -4.33. The largest absolute Gasteiger partial charge is 0.491 e. The third kappa shape index (κ3) is 3.44. The summed E-state index contributed by atoms with van der Waals surface area (Å²) in [5, 5.41) is 3.16. The van der Waals surface area contributed by atoms with Crippen molar-refractivity contribution in [3.63, 3.8) is 0 Å². The fraction of sp³-hybridized carbons (Fsp3) is 0.625. The summed E-state index contributed by atoms with van der Waals surface area (Å²) in [6.07, 6.45) is -3.06. The van der Waals surface area contributed by atoms with Crippen LogP contribution in [-0.4, -0.2) is 13.2 Å². The monoisotopic (exact) mass is 301 g/mol. The van der Waals surface area contributed by atoms with E-state index in [-0.39, 0.29) is 5.92 Å². The molecule has 0 aliphatic carbocycles. The maximum Gasteiger partial charge on any atom is 0.416 e. The van der Waals surface area contributed by atoms with Crippen LogP contribution in [0.5, 0.6) is 5.75 Å². The Morgan fingerprint density at radius 1 is 1.33 bits per heavy atom. The van der Waals surface area contributed by atoms with E-state index in [4.69, 9.17) is 4.74 Å².